The molecule has 0 bridgehead atoms. The molecule has 0 amide bonds. The van der Waals surface area contributed by atoms with E-state index >= 15 is 0 Å². The Kier molecular flexibility index (Phi) is 5.22. The van der Waals surface area contributed by atoms with E-state index in [1.54, 1.807) is 12.1 Å². The fourth-order valence-electron chi connectivity index (χ4n) is 2.45. The average Bonchev–Trinajstić information content (AvgIpc) is 2.75. The highest BCUT2D eigenvalue weighted by Gasteiger charge is 2.29. The molecule has 1 fully saturated rings. The van der Waals surface area contributed by atoms with E-state index in [0.717, 1.165) is 13.0 Å². The molecule has 118 valence electrons. The molecular weight excluding hydrogens is 293 g/mol. The van der Waals surface area contributed by atoms with Gasteiger partial charge in [0.15, 0.2) is 9.84 Å². The van der Waals surface area contributed by atoms with Gasteiger partial charge in [-0.2, -0.15) is 0 Å². The van der Waals surface area contributed by atoms with Crippen LogP contribution in [0.1, 0.15) is 38.3 Å². The Morgan fingerprint density at radius 3 is 2.81 bits per heavy atom. The summed E-state index contributed by atoms with van der Waals surface area (Å²) < 4.78 is 42.4. The topological polar surface area (TPSA) is 55.4 Å². The summed E-state index contributed by atoms with van der Waals surface area (Å²) >= 11 is 0. The van der Waals surface area contributed by atoms with Gasteiger partial charge in [0, 0.05) is 17.7 Å². The van der Waals surface area contributed by atoms with Crippen molar-refractivity contribution in [3.63, 3.8) is 0 Å². The number of halogens is 1. The van der Waals surface area contributed by atoms with Crippen LogP contribution in [0, 0.1) is 5.82 Å². The van der Waals surface area contributed by atoms with Gasteiger partial charge in [0.1, 0.15) is 17.7 Å². The van der Waals surface area contributed by atoms with Gasteiger partial charge in [-0.15, -0.1) is 0 Å². The Balaban J connectivity index is 2.02. The molecule has 1 N–H and O–H groups in total. The van der Waals surface area contributed by atoms with Crippen molar-refractivity contribution in [3.05, 3.63) is 29.6 Å². The van der Waals surface area contributed by atoms with Crippen molar-refractivity contribution in [2.24, 2.45) is 0 Å². The lowest BCUT2D eigenvalue weighted by Crippen LogP contribution is -2.21. The first kappa shape index (κ1) is 16.2. The first-order valence-electron chi connectivity index (χ1n) is 7.31. The molecule has 2 rings (SSSR count). The van der Waals surface area contributed by atoms with Crippen LogP contribution in [0.2, 0.25) is 0 Å². The van der Waals surface area contributed by atoms with Crippen molar-refractivity contribution in [3.8, 4) is 5.75 Å². The predicted octanol–water partition coefficient (Wildman–Crippen LogP) is 2.45. The normalized spacial score (nSPS) is 22.1. The molecular formula is C15H22FNO3S. The molecule has 0 radical (unpaired) electrons. The third kappa shape index (κ3) is 4.41. The molecule has 0 saturated carbocycles. The van der Waals surface area contributed by atoms with Gasteiger partial charge in [-0.3, -0.25) is 0 Å². The summed E-state index contributed by atoms with van der Waals surface area (Å²) in [5.74, 6) is 0.228. The molecule has 1 aliphatic rings. The van der Waals surface area contributed by atoms with Gasteiger partial charge in [0.25, 0.3) is 0 Å². The minimum Gasteiger partial charge on any atom is -0.489 e. The number of hydrogen-bond acceptors (Lipinski definition) is 4. The summed E-state index contributed by atoms with van der Waals surface area (Å²) in [6, 6.07) is 4.67. The fraction of sp³-hybridized carbons (Fsp3) is 0.600. The van der Waals surface area contributed by atoms with E-state index in [9.17, 15) is 12.8 Å². The quantitative estimate of drug-likeness (QED) is 0.876. The largest absolute Gasteiger partial charge is 0.489 e. The number of hydrogen-bond donors (Lipinski definition) is 1. The van der Waals surface area contributed by atoms with E-state index in [1.807, 2.05) is 6.92 Å². The molecule has 1 aromatic rings. The van der Waals surface area contributed by atoms with Gasteiger partial charge in [-0.05, 0) is 32.4 Å². The number of nitrogens with one attached hydrogen (secondary N) is 1. The van der Waals surface area contributed by atoms with Gasteiger partial charge in [-0.25, -0.2) is 12.8 Å². The van der Waals surface area contributed by atoms with Crippen molar-refractivity contribution in [2.75, 3.05) is 18.1 Å². The average molecular weight is 315 g/mol. The van der Waals surface area contributed by atoms with E-state index < -0.39 is 9.84 Å². The van der Waals surface area contributed by atoms with Crippen LogP contribution >= 0.6 is 0 Å². The molecule has 0 aliphatic carbocycles. The maximum atomic E-state index is 14.1. The highest BCUT2D eigenvalue weighted by molar-refractivity contribution is 7.91. The lowest BCUT2D eigenvalue weighted by molar-refractivity contribution is 0.228. The smallest absolute Gasteiger partial charge is 0.154 e. The van der Waals surface area contributed by atoms with Crippen molar-refractivity contribution in [2.45, 2.75) is 38.8 Å². The SMILES string of the molecule is CCCNC(C)c1ccc(OC2CCS(=O)(=O)C2)cc1F. The number of sulfone groups is 1. The number of rotatable bonds is 6. The predicted molar refractivity (Wildman–Crippen MR) is 80.8 cm³/mol. The molecule has 1 aromatic carbocycles. The van der Waals surface area contributed by atoms with Crippen molar-refractivity contribution in [1.29, 1.82) is 0 Å². The Morgan fingerprint density at radius 1 is 1.48 bits per heavy atom. The van der Waals surface area contributed by atoms with Crippen LogP contribution in [0.4, 0.5) is 4.39 Å². The Hall–Kier alpha value is -1.14. The second-order valence-corrected chi connectivity index (χ2v) is 7.73. The molecule has 2 unspecified atom stereocenters. The molecule has 2 atom stereocenters. The first-order valence-corrected chi connectivity index (χ1v) is 9.13. The third-order valence-corrected chi connectivity index (χ3v) is 5.37. The molecule has 0 aromatic heterocycles. The zero-order valence-electron chi connectivity index (χ0n) is 12.4. The zero-order chi connectivity index (χ0) is 15.5. The molecule has 4 nitrogen and oxygen atoms in total. The van der Waals surface area contributed by atoms with E-state index in [0.29, 0.717) is 17.7 Å². The van der Waals surface area contributed by atoms with Gasteiger partial charge in [-0.1, -0.05) is 13.0 Å². The summed E-state index contributed by atoms with van der Waals surface area (Å²) in [5, 5.41) is 3.23. The Labute approximate surface area is 125 Å². The summed E-state index contributed by atoms with van der Waals surface area (Å²) in [5.41, 5.74) is 0.592. The Morgan fingerprint density at radius 2 is 2.24 bits per heavy atom. The lowest BCUT2D eigenvalue weighted by atomic mass is 10.1. The lowest BCUT2D eigenvalue weighted by Gasteiger charge is -2.17. The molecule has 6 heteroatoms. The van der Waals surface area contributed by atoms with Gasteiger partial charge < -0.3 is 10.1 Å². The van der Waals surface area contributed by atoms with Crippen LogP contribution in [0.25, 0.3) is 0 Å². The summed E-state index contributed by atoms with van der Waals surface area (Å²) in [4.78, 5) is 0. The van der Waals surface area contributed by atoms with E-state index in [2.05, 4.69) is 12.2 Å². The fourth-order valence-corrected chi connectivity index (χ4v) is 4.04. The van der Waals surface area contributed by atoms with Crippen molar-refractivity contribution >= 4 is 9.84 Å². The minimum absolute atomic E-state index is 0.0187. The second kappa shape index (κ2) is 6.75. The maximum absolute atomic E-state index is 14.1. The third-order valence-electron chi connectivity index (χ3n) is 3.63. The van der Waals surface area contributed by atoms with Crippen LogP contribution in [0.15, 0.2) is 18.2 Å². The molecule has 1 saturated heterocycles. The monoisotopic (exact) mass is 315 g/mol. The van der Waals surface area contributed by atoms with Crippen molar-refractivity contribution < 1.29 is 17.5 Å². The van der Waals surface area contributed by atoms with Crippen LogP contribution in [-0.2, 0) is 9.84 Å². The first-order chi connectivity index (χ1) is 9.91. The Bertz CT molecular complexity index is 589. The molecule has 1 heterocycles. The second-order valence-electron chi connectivity index (χ2n) is 5.50. The van der Waals surface area contributed by atoms with Crippen LogP contribution in [0.3, 0.4) is 0 Å². The van der Waals surface area contributed by atoms with Crippen LogP contribution in [0.5, 0.6) is 5.75 Å². The molecule has 21 heavy (non-hydrogen) atoms. The molecule has 1 aliphatic heterocycles. The van der Waals surface area contributed by atoms with E-state index in [1.165, 1.54) is 6.07 Å². The molecule has 0 spiro atoms. The summed E-state index contributed by atoms with van der Waals surface area (Å²) in [6.07, 6.45) is 1.10. The maximum Gasteiger partial charge on any atom is 0.154 e. The highest BCUT2D eigenvalue weighted by Crippen LogP contribution is 2.25. The summed E-state index contributed by atoms with van der Waals surface area (Å²) in [6.45, 7) is 4.81. The van der Waals surface area contributed by atoms with Gasteiger partial charge in [0.2, 0.25) is 0 Å². The minimum atomic E-state index is -2.99. The van der Waals surface area contributed by atoms with E-state index in [4.69, 9.17) is 4.74 Å². The number of ether oxygens (including phenoxy) is 1. The van der Waals surface area contributed by atoms with Gasteiger partial charge >= 0.3 is 0 Å². The van der Waals surface area contributed by atoms with Gasteiger partial charge in [0.05, 0.1) is 11.5 Å². The van der Waals surface area contributed by atoms with Crippen molar-refractivity contribution in [1.82, 2.24) is 5.32 Å². The zero-order valence-corrected chi connectivity index (χ0v) is 13.2. The van der Waals surface area contributed by atoms with Crippen LogP contribution in [-0.4, -0.2) is 32.6 Å². The number of benzene rings is 1. The summed E-state index contributed by atoms with van der Waals surface area (Å²) in [7, 11) is -2.99. The van der Waals surface area contributed by atoms with Crippen LogP contribution < -0.4 is 10.1 Å². The highest BCUT2D eigenvalue weighted by atomic mass is 32.2. The standard InChI is InChI=1S/C15H22FNO3S/c1-3-7-17-11(2)14-5-4-12(9-15(14)16)20-13-6-8-21(18,19)10-13/h4-5,9,11,13,17H,3,6-8,10H2,1-2H3. The van der Waals surface area contributed by atoms with E-state index in [-0.39, 0.29) is 29.5 Å².